The predicted molar refractivity (Wildman–Crippen MR) is 77.9 cm³/mol. The molecule has 20 heavy (non-hydrogen) atoms. The van der Waals surface area contributed by atoms with E-state index in [0.717, 1.165) is 0 Å². The zero-order valence-corrected chi connectivity index (χ0v) is 11.3. The van der Waals surface area contributed by atoms with Crippen LogP contribution in [0.25, 0.3) is 0 Å². The van der Waals surface area contributed by atoms with Crippen molar-refractivity contribution in [3.8, 4) is 0 Å². The van der Waals surface area contributed by atoms with Gasteiger partial charge in [0, 0.05) is 16.9 Å². The third-order valence-electron chi connectivity index (χ3n) is 3.05. The van der Waals surface area contributed by atoms with Gasteiger partial charge >= 0.3 is 5.97 Å². The quantitative estimate of drug-likeness (QED) is 0.832. The average Bonchev–Trinajstić information content (AvgIpc) is 2.41. The number of para-hydroxylation sites is 1. The Hall–Kier alpha value is -2.62. The number of carboxylic acids is 1. The van der Waals surface area contributed by atoms with Crippen LogP contribution in [0, 0.1) is 6.92 Å². The Morgan fingerprint density at radius 2 is 1.75 bits per heavy atom. The highest BCUT2D eigenvalue weighted by Gasteiger charge is 2.10. The number of ketones is 1. The van der Waals surface area contributed by atoms with Crippen molar-refractivity contribution in [3.63, 3.8) is 0 Å². The Morgan fingerprint density at radius 3 is 2.40 bits per heavy atom. The summed E-state index contributed by atoms with van der Waals surface area (Å²) in [6.07, 6.45) is 0. The summed E-state index contributed by atoms with van der Waals surface area (Å²) in [4.78, 5) is 22.7. The van der Waals surface area contributed by atoms with Gasteiger partial charge in [-0.1, -0.05) is 18.2 Å². The zero-order valence-electron chi connectivity index (χ0n) is 11.3. The first-order valence-corrected chi connectivity index (χ1v) is 6.20. The van der Waals surface area contributed by atoms with Crippen molar-refractivity contribution in [2.45, 2.75) is 13.8 Å². The van der Waals surface area contributed by atoms with Crippen molar-refractivity contribution < 1.29 is 14.7 Å². The lowest BCUT2D eigenvalue weighted by Gasteiger charge is -2.11. The van der Waals surface area contributed by atoms with Gasteiger partial charge in [0.15, 0.2) is 5.78 Å². The van der Waals surface area contributed by atoms with Crippen molar-refractivity contribution >= 4 is 23.1 Å². The number of Topliss-reactive ketones (excluding diaryl/α,β-unsaturated/α-hetero) is 1. The number of carbonyl (C=O) groups is 2. The molecule has 0 bridgehead atoms. The number of benzene rings is 2. The van der Waals surface area contributed by atoms with Crippen LogP contribution in [0.2, 0.25) is 0 Å². The summed E-state index contributed by atoms with van der Waals surface area (Å²) in [5.41, 5.74) is 2.82. The van der Waals surface area contributed by atoms with Gasteiger partial charge in [-0.15, -0.1) is 0 Å². The maximum Gasteiger partial charge on any atom is 0.336 e. The van der Waals surface area contributed by atoms with E-state index in [-0.39, 0.29) is 11.3 Å². The zero-order chi connectivity index (χ0) is 14.7. The van der Waals surface area contributed by atoms with E-state index < -0.39 is 5.97 Å². The van der Waals surface area contributed by atoms with Gasteiger partial charge in [-0.2, -0.15) is 0 Å². The molecular formula is C16H15NO3. The minimum Gasteiger partial charge on any atom is -0.478 e. The first-order chi connectivity index (χ1) is 9.49. The van der Waals surface area contributed by atoms with Crippen LogP contribution in [-0.4, -0.2) is 16.9 Å². The number of hydrogen-bond donors (Lipinski definition) is 2. The van der Waals surface area contributed by atoms with Crippen LogP contribution >= 0.6 is 0 Å². The predicted octanol–water partition coefficient (Wildman–Crippen LogP) is 3.64. The van der Waals surface area contributed by atoms with Gasteiger partial charge in [0.25, 0.3) is 0 Å². The summed E-state index contributed by atoms with van der Waals surface area (Å²) in [7, 11) is 0. The lowest BCUT2D eigenvalue weighted by molar-refractivity contribution is 0.0696. The molecule has 0 amide bonds. The molecule has 2 rings (SSSR count). The molecule has 0 aliphatic heterocycles. The Labute approximate surface area is 117 Å². The van der Waals surface area contributed by atoms with Gasteiger partial charge in [-0.05, 0) is 43.7 Å². The van der Waals surface area contributed by atoms with Crippen molar-refractivity contribution in [3.05, 3.63) is 59.2 Å². The van der Waals surface area contributed by atoms with Gasteiger partial charge in [-0.25, -0.2) is 4.79 Å². The Balaban J connectivity index is 2.38. The van der Waals surface area contributed by atoms with E-state index in [0.29, 0.717) is 22.5 Å². The van der Waals surface area contributed by atoms with Crippen LogP contribution in [0.4, 0.5) is 11.4 Å². The molecule has 2 aromatic rings. The van der Waals surface area contributed by atoms with Crippen LogP contribution < -0.4 is 5.32 Å². The summed E-state index contributed by atoms with van der Waals surface area (Å²) in [6, 6.07) is 12.2. The molecule has 0 saturated carbocycles. The molecule has 0 spiro atoms. The molecule has 4 nitrogen and oxygen atoms in total. The SMILES string of the molecule is CC(=O)c1ccccc1Nc1ccc(C)c(C(=O)O)c1. The van der Waals surface area contributed by atoms with Gasteiger partial charge in [-0.3, -0.25) is 4.79 Å². The molecule has 2 aromatic carbocycles. The molecule has 4 heteroatoms. The third kappa shape index (κ3) is 2.85. The number of hydrogen-bond acceptors (Lipinski definition) is 3. The monoisotopic (exact) mass is 269 g/mol. The maximum absolute atomic E-state index is 11.6. The topological polar surface area (TPSA) is 66.4 Å². The highest BCUT2D eigenvalue weighted by molar-refractivity contribution is 6.00. The molecule has 2 N–H and O–H groups in total. The Morgan fingerprint density at radius 1 is 1.05 bits per heavy atom. The second kappa shape index (κ2) is 5.57. The summed E-state index contributed by atoms with van der Waals surface area (Å²) in [6.45, 7) is 3.25. The van der Waals surface area contributed by atoms with Crippen LogP contribution in [0.5, 0.6) is 0 Å². The molecule has 0 radical (unpaired) electrons. The van der Waals surface area contributed by atoms with E-state index in [2.05, 4.69) is 5.32 Å². The van der Waals surface area contributed by atoms with Crippen molar-refractivity contribution in [1.82, 2.24) is 0 Å². The van der Waals surface area contributed by atoms with Crippen molar-refractivity contribution in [1.29, 1.82) is 0 Å². The second-order valence-electron chi connectivity index (χ2n) is 4.56. The van der Waals surface area contributed by atoms with Crippen LogP contribution in [0.3, 0.4) is 0 Å². The van der Waals surface area contributed by atoms with Gasteiger partial charge in [0.05, 0.1) is 5.56 Å². The molecule has 0 atom stereocenters. The van der Waals surface area contributed by atoms with E-state index in [1.807, 2.05) is 6.07 Å². The van der Waals surface area contributed by atoms with Gasteiger partial charge < -0.3 is 10.4 Å². The smallest absolute Gasteiger partial charge is 0.336 e. The minimum absolute atomic E-state index is 0.0429. The highest BCUT2D eigenvalue weighted by atomic mass is 16.4. The molecule has 0 unspecified atom stereocenters. The normalized spacial score (nSPS) is 10.1. The lowest BCUT2D eigenvalue weighted by Crippen LogP contribution is -2.03. The van der Waals surface area contributed by atoms with E-state index in [9.17, 15) is 9.59 Å². The average molecular weight is 269 g/mol. The molecule has 0 aromatic heterocycles. The fourth-order valence-corrected chi connectivity index (χ4v) is 1.98. The molecular weight excluding hydrogens is 254 g/mol. The highest BCUT2D eigenvalue weighted by Crippen LogP contribution is 2.23. The lowest BCUT2D eigenvalue weighted by atomic mass is 10.1. The number of aromatic carboxylic acids is 1. The number of carbonyl (C=O) groups excluding carboxylic acids is 1. The summed E-state index contributed by atoms with van der Waals surface area (Å²) in [5.74, 6) is -1.01. The van der Waals surface area contributed by atoms with Crippen LogP contribution in [0.1, 0.15) is 33.2 Å². The minimum atomic E-state index is -0.967. The maximum atomic E-state index is 11.6. The molecule has 102 valence electrons. The largest absolute Gasteiger partial charge is 0.478 e. The molecule has 0 fully saturated rings. The second-order valence-corrected chi connectivity index (χ2v) is 4.56. The standard InChI is InChI=1S/C16H15NO3/c1-10-7-8-12(9-14(10)16(19)20)17-15-6-4-3-5-13(15)11(2)18/h3-9,17H,1-2H3,(H,19,20). The van der Waals surface area contributed by atoms with E-state index >= 15 is 0 Å². The van der Waals surface area contributed by atoms with Gasteiger partial charge in [0.2, 0.25) is 0 Å². The Kier molecular flexibility index (Phi) is 3.84. The molecule has 0 aliphatic carbocycles. The molecule has 0 aliphatic rings. The summed E-state index contributed by atoms with van der Waals surface area (Å²) >= 11 is 0. The molecule has 0 heterocycles. The van der Waals surface area contributed by atoms with E-state index in [1.165, 1.54) is 6.92 Å². The van der Waals surface area contributed by atoms with Crippen LogP contribution in [0.15, 0.2) is 42.5 Å². The summed E-state index contributed by atoms with van der Waals surface area (Å²) in [5, 5.41) is 12.2. The molecule has 0 saturated heterocycles. The first-order valence-electron chi connectivity index (χ1n) is 6.20. The fourth-order valence-electron chi connectivity index (χ4n) is 1.98. The summed E-state index contributed by atoms with van der Waals surface area (Å²) < 4.78 is 0. The Bertz CT molecular complexity index is 677. The number of aryl methyl sites for hydroxylation is 1. The number of nitrogens with one attached hydrogen (secondary N) is 1. The van der Waals surface area contributed by atoms with Gasteiger partial charge in [0.1, 0.15) is 0 Å². The van der Waals surface area contributed by atoms with Crippen molar-refractivity contribution in [2.24, 2.45) is 0 Å². The van der Waals surface area contributed by atoms with Crippen LogP contribution in [-0.2, 0) is 0 Å². The fraction of sp³-hybridized carbons (Fsp3) is 0.125. The van der Waals surface area contributed by atoms with E-state index in [1.54, 1.807) is 43.3 Å². The van der Waals surface area contributed by atoms with Crippen molar-refractivity contribution in [2.75, 3.05) is 5.32 Å². The third-order valence-corrected chi connectivity index (χ3v) is 3.05. The number of carboxylic acid groups (broad SMARTS) is 1. The number of anilines is 2. The van der Waals surface area contributed by atoms with E-state index in [4.69, 9.17) is 5.11 Å². The first kappa shape index (κ1) is 13.8. The number of rotatable bonds is 4.